The Hall–Kier alpha value is -9.83. The van der Waals surface area contributed by atoms with Crippen LogP contribution in [-0.2, 0) is 81.9 Å². The van der Waals surface area contributed by atoms with Crippen LogP contribution in [-0.4, -0.2) is 31.3 Å². The standard InChI is InChI=1S/C32H12BF24.2C12H4F6N.C8H7N3.Ir/c34-25(35,36)13-1-14(26(37,38)39)6-21(5-13)33(22-7-15(27(40,41)42)2-16(8-22)28(43,44)45,23-9-17(29(46,47)48)3-18(10-23)30(49,50)51)24-11-19(31(52,53)54)4-20(12-24)32(55,56)57;2*13-8-3-6(4-9(14)11(8)15)10-2-1-7(5-19-10)12(16,17)18;1-2-5-9-7(3-1)8-4-6-10-11-8;/h1-12H;2*1-3,5H;1-6H,(H,10,11);/q3*-1;;+3. The van der Waals surface area contributed by atoms with Crippen LogP contribution in [0.4, 0.5) is 158 Å². The maximum atomic E-state index is 14.2. The van der Waals surface area contributed by atoms with Crippen molar-refractivity contribution in [3.05, 3.63) is 261 Å². The maximum Gasteiger partial charge on any atom is 3.00 e. The fourth-order valence-electron chi connectivity index (χ4n) is 9.72. The van der Waals surface area contributed by atoms with Gasteiger partial charge in [0.05, 0.1) is 90.3 Å². The van der Waals surface area contributed by atoms with Gasteiger partial charge in [-0.2, -0.15) is 159 Å². The molecule has 10 aromatic rings. The first kappa shape index (κ1) is 86.1. The summed E-state index contributed by atoms with van der Waals surface area (Å²) < 4.78 is 492. The Bertz CT molecular complexity index is 4130. The van der Waals surface area contributed by atoms with Gasteiger partial charge in [0.2, 0.25) is 0 Å². The zero-order valence-electron chi connectivity index (χ0n) is 50.8. The summed E-state index contributed by atoms with van der Waals surface area (Å²) in [5.41, 5.74) is -31.2. The van der Waals surface area contributed by atoms with Crippen LogP contribution in [0, 0.1) is 47.0 Å². The molecule has 4 heterocycles. The summed E-state index contributed by atoms with van der Waals surface area (Å²) in [7, 11) is 0. The fraction of sp³-hybridized carbons (Fsp3) is 0.156. The third-order valence-electron chi connectivity index (χ3n) is 14.5. The van der Waals surface area contributed by atoms with Crippen molar-refractivity contribution in [2.75, 3.05) is 0 Å². The van der Waals surface area contributed by atoms with E-state index in [9.17, 15) is 158 Å². The van der Waals surface area contributed by atoms with Crippen molar-refractivity contribution in [2.45, 2.75) is 61.8 Å². The molecule has 0 saturated heterocycles. The van der Waals surface area contributed by atoms with Gasteiger partial charge in [0, 0.05) is 24.8 Å². The Balaban J connectivity index is 0.000000285. The first-order valence-corrected chi connectivity index (χ1v) is 27.8. The van der Waals surface area contributed by atoms with E-state index in [2.05, 4.69) is 25.1 Å². The van der Waals surface area contributed by atoms with Crippen molar-refractivity contribution in [3.63, 3.8) is 0 Å². The summed E-state index contributed by atoms with van der Waals surface area (Å²) in [4.78, 5) is 11.0. The zero-order chi connectivity index (χ0) is 79.8. The summed E-state index contributed by atoms with van der Waals surface area (Å²) in [6.07, 6.45) is -59.4. The second-order valence-electron chi connectivity index (χ2n) is 21.6. The Kier molecular flexibility index (Phi) is 25.1. The Labute approximate surface area is 586 Å². The van der Waals surface area contributed by atoms with Gasteiger partial charge in [0.25, 0.3) is 0 Å². The van der Waals surface area contributed by atoms with Gasteiger partial charge in [-0.1, -0.05) is 78.9 Å². The zero-order valence-corrected chi connectivity index (χ0v) is 53.2. The first-order valence-electron chi connectivity index (χ1n) is 27.8. The van der Waals surface area contributed by atoms with Gasteiger partial charge in [-0.05, 0) is 53.9 Å². The topological polar surface area (TPSA) is 67.3 Å². The largest absolute Gasteiger partial charge is 3.00 e. The van der Waals surface area contributed by atoms with E-state index in [0.29, 0.717) is 36.7 Å². The molecular weight excluding hydrogens is 1730 g/mol. The number of rotatable bonds is 7. The van der Waals surface area contributed by atoms with Crippen LogP contribution in [0.15, 0.2) is 158 Å². The van der Waals surface area contributed by atoms with Gasteiger partial charge in [-0.25, -0.2) is 17.6 Å². The molecule has 0 fully saturated rings. The van der Waals surface area contributed by atoms with Crippen molar-refractivity contribution >= 4 is 28.0 Å². The van der Waals surface area contributed by atoms with Crippen molar-refractivity contribution in [2.24, 2.45) is 0 Å². The molecule has 0 aliphatic heterocycles. The second kappa shape index (κ2) is 31.2. The summed E-state index contributed by atoms with van der Waals surface area (Å²) in [6.45, 7) is 0. The SMILES string of the molecule is FC(F)(F)c1cc([B-](c2cc(C(F)(F)F)cc(C(F)(F)F)c2)(c2cc(C(F)(F)F)cc(C(F)(F)F)c2)c2cc(C(F)(F)F)cc(C(F)(F)F)c2)cc(C(F)(F)F)c1.Fc1[c-]c(-c2ccc(C(F)(F)F)cn2)cc(F)c1F.Fc1[c-]c(-c2ccc(C(F)(F)F)cn2)cc(F)c1F.[Ir+3].c1ccc(-c2ccn[nH]2)nc1. The molecule has 4 aromatic heterocycles. The monoisotopic (exact) mass is 1750 g/mol. The predicted octanol–water partition coefficient (Wildman–Crippen LogP) is 20.7. The third kappa shape index (κ3) is 21.1. The minimum atomic E-state index is -6.13. The van der Waals surface area contributed by atoms with Gasteiger partial charge in [0.15, 0.2) is 0 Å². The smallest absolute Gasteiger partial charge is 0.304 e. The van der Waals surface area contributed by atoms with E-state index in [1.807, 2.05) is 36.4 Å². The summed E-state index contributed by atoms with van der Waals surface area (Å²) >= 11 is 0. The number of hydrogen-bond acceptors (Lipinski definition) is 4. The number of aromatic nitrogens is 5. The molecular formula is C64H27BF36IrN5. The van der Waals surface area contributed by atoms with Crippen molar-refractivity contribution in [1.82, 2.24) is 25.1 Å². The van der Waals surface area contributed by atoms with Gasteiger partial charge < -0.3 is 9.97 Å². The van der Waals surface area contributed by atoms with E-state index in [1.165, 1.54) is 0 Å². The molecule has 0 spiro atoms. The molecule has 572 valence electrons. The van der Waals surface area contributed by atoms with E-state index < -0.39 is 253 Å². The number of halogens is 36. The van der Waals surface area contributed by atoms with Crippen LogP contribution in [0.5, 0.6) is 0 Å². The van der Waals surface area contributed by atoms with Crippen molar-refractivity contribution in [1.29, 1.82) is 0 Å². The first-order chi connectivity index (χ1) is 48.3. The molecule has 1 N–H and O–H groups in total. The van der Waals surface area contributed by atoms with Crippen LogP contribution in [0.1, 0.15) is 55.6 Å². The van der Waals surface area contributed by atoms with E-state index in [4.69, 9.17) is 0 Å². The van der Waals surface area contributed by atoms with Crippen LogP contribution in [0.2, 0.25) is 0 Å². The van der Waals surface area contributed by atoms with Crippen molar-refractivity contribution in [3.8, 4) is 33.9 Å². The van der Waals surface area contributed by atoms with Gasteiger partial charge >= 0.3 is 81.9 Å². The average molecular weight is 1750 g/mol. The summed E-state index contributed by atoms with van der Waals surface area (Å²) in [5, 5.41) is 6.67. The number of hydrogen-bond donors (Lipinski definition) is 1. The van der Waals surface area contributed by atoms with Crippen LogP contribution in [0.25, 0.3) is 33.9 Å². The molecule has 43 heteroatoms. The van der Waals surface area contributed by atoms with Gasteiger partial charge in [0.1, 0.15) is 17.8 Å². The van der Waals surface area contributed by atoms with Crippen LogP contribution >= 0.6 is 0 Å². The van der Waals surface area contributed by atoms with Crippen LogP contribution < -0.4 is 21.9 Å². The predicted molar refractivity (Wildman–Crippen MR) is 299 cm³/mol. The summed E-state index contributed by atoms with van der Waals surface area (Å²) in [6, 6.07) is 7.05. The number of pyridine rings is 3. The second-order valence-corrected chi connectivity index (χ2v) is 21.6. The number of benzene rings is 6. The van der Waals surface area contributed by atoms with Crippen molar-refractivity contribution < 1.29 is 178 Å². The maximum absolute atomic E-state index is 14.2. The average Bonchev–Trinajstić information content (AvgIpc) is 0.876. The molecule has 0 bridgehead atoms. The number of aromatic amines is 1. The van der Waals surface area contributed by atoms with E-state index >= 15 is 0 Å². The molecule has 0 atom stereocenters. The van der Waals surface area contributed by atoms with Gasteiger partial charge in [-0.3, -0.25) is 18.9 Å². The molecule has 6 aromatic carbocycles. The molecule has 0 saturated carbocycles. The van der Waals surface area contributed by atoms with Gasteiger partial charge in [-0.15, -0.1) is 35.4 Å². The molecule has 0 aliphatic carbocycles. The summed E-state index contributed by atoms with van der Waals surface area (Å²) in [5.74, 6) is -9.44. The molecule has 107 heavy (non-hydrogen) atoms. The number of H-pyrrole nitrogens is 1. The van der Waals surface area contributed by atoms with E-state index in [-0.39, 0.29) is 42.6 Å². The van der Waals surface area contributed by atoms with Crippen LogP contribution in [0.3, 0.4) is 0 Å². The van der Waals surface area contributed by atoms with E-state index in [1.54, 1.807) is 12.4 Å². The molecule has 10 rings (SSSR count). The molecule has 5 nitrogen and oxygen atoms in total. The fourth-order valence-corrected chi connectivity index (χ4v) is 9.72. The number of alkyl halides is 30. The Morgan fingerprint density at radius 3 is 0.748 bits per heavy atom. The Morgan fingerprint density at radius 2 is 0.551 bits per heavy atom. The number of nitrogens with zero attached hydrogens (tertiary/aromatic N) is 4. The minimum Gasteiger partial charge on any atom is -0.304 e. The minimum absolute atomic E-state index is 0. The quantitative estimate of drug-likeness (QED) is 0.0747. The number of nitrogens with one attached hydrogen (secondary N) is 1. The third-order valence-corrected chi connectivity index (χ3v) is 14.5. The molecule has 0 unspecified atom stereocenters. The van der Waals surface area contributed by atoms with E-state index in [0.717, 1.165) is 23.5 Å². The normalized spacial score (nSPS) is 12.8. The molecule has 0 radical (unpaired) electrons. The Morgan fingerprint density at radius 1 is 0.280 bits per heavy atom. The molecule has 0 aliphatic rings. The molecule has 0 amide bonds.